The number of allylic oxidation sites excluding steroid dienone is 2. The van der Waals surface area contributed by atoms with Crippen LogP contribution in [-0.4, -0.2) is 53.4 Å². The molecule has 2 aliphatic rings. The van der Waals surface area contributed by atoms with Crippen molar-refractivity contribution in [1.29, 1.82) is 0 Å². The monoisotopic (exact) mass is 448 g/mol. The van der Waals surface area contributed by atoms with Gasteiger partial charge in [0.1, 0.15) is 11.6 Å². The minimum atomic E-state index is -4.39. The molecule has 172 valence electrons. The Kier molecular flexibility index (Phi) is 6.83. The molecule has 4 rings (SSSR count). The lowest BCUT2D eigenvalue weighted by Gasteiger charge is -2.36. The van der Waals surface area contributed by atoms with E-state index in [1.807, 2.05) is 21.9 Å². The van der Waals surface area contributed by atoms with Crippen LogP contribution in [0.5, 0.6) is 0 Å². The lowest BCUT2D eigenvalue weighted by Crippen LogP contribution is -2.50. The first kappa shape index (κ1) is 22.4. The number of pyridine rings is 1. The number of aromatic nitrogens is 1. The maximum atomic E-state index is 13.2. The number of amides is 1. The van der Waals surface area contributed by atoms with Gasteiger partial charge in [-0.25, -0.2) is 4.98 Å². The van der Waals surface area contributed by atoms with Crippen molar-refractivity contribution in [2.24, 2.45) is 0 Å². The van der Waals surface area contributed by atoms with Crippen molar-refractivity contribution in [3.8, 4) is 0 Å². The van der Waals surface area contributed by atoms with E-state index in [2.05, 4.69) is 16.0 Å². The van der Waals surface area contributed by atoms with Crippen molar-refractivity contribution in [3.63, 3.8) is 0 Å². The molecule has 0 N–H and O–H groups in total. The lowest BCUT2D eigenvalue weighted by molar-refractivity contribution is -0.137. The van der Waals surface area contributed by atoms with Crippen LogP contribution in [0.25, 0.3) is 0 Å². The molecule has 0 saturated carbocycles. The summed E-state index contributed by atoms with van der Waals surface area (Å²) in [5, 5.41) is 0. The minimum absolute atomic E-state index is 0.0376. The van der Waals surface area contributed by atoms with E-state index in [0.717, 1.165) is 49.4 Å². The first-order valence-electron chi connectivity index (χ1n) is 10.9. The van der Waals surface area contributed by atoms with E-state index in [4.69, 9.17) is 4.42 Å². The highest BCUT2D eigenvalue weighted by Gasteiger charge is 2.31. The van der Waals surface area contributed by atoms with Crippen LogP contribution in [0.3, 0.4) is 0 Å². The standard InChI is InChI=1S/C23H27F3N4O2/c24-23(25,26)18-8-9-21(27-15-18)29-12-10-28(11-13-29)17-22(31)30(16-20-7-4-14-32-20)19-5-2-1-3-6-19/h4-5,7-9,14-15H,1-3,6,10-13,16-17H2. The minimum Gasteiger partial charge on any atom is -0.467 e. The summed E-state index contributed by atoms with van der Waals surface area (Å²) >= 11 is 0. The second-order valence-corrected chi connectivity index (χ2v) is 8.17. The van der Waals surface area contributed by atoms with Gasteiger partial charge in [-0.05, 0) is 49.9 Å². The number of anilines is 1. The van der Waals surface area contributed by atoms with Crippen LogP contribution in [0.15, 0.2) is 52.9 Å². The summed E-state index contributed by atoms with van der Waals surface area (Å²) in [7, 11) is 0. The van der Waals surface area contributed by atoms with E-state index >= 15 is 0 Å². The quantitative estimate of drug-likeness (QED) is 0.660. The molecule has 0 bridgehead atoms. The molecule has 0 atom stereocenters. The Balaban J connectivity index is 1.34. The van der Waals surface area contributed by atoms with Crippen LogP contribution in [0.1, 0.15) is 37.0 Å². The fourth-order valence-electron chi connectivity index (χ4n) is 4.13. The third-order valence-electron chi connectivity index (χ3n) is 5.94. The Labute approximate surface area is 185 Å². The van der Waals surface area contributed by atoms with Gasteiger partial charge in [0.2, 0.25) is 5.91 Å². The molecular formula is C23H27F3N4O2. The molecule has 2 aromatic heterocycles. The molecule has 32 heavy (non-hydrogen) atoms. The number of piperazine rings is 1. The Morgan fingerprint density at radius 1 is 1.12 bits per heavy atom. The van der Waals surface area contributed by atoms with Gasteiger partial charge in [0.05, 0.1) is 24.9 Å². The van der Waals surface area contributed by atoms with Gasteiger partial charge in [-0.3, -0.25) is 9.69 Å². The zero-order valence-corrected chi connectivity index (χ0v) is 17.9. The summed E-state index contributed by atoms with van der Waals surface area (Å²) in [5.74, 6) is 1.31. The highest BCUT2D eigenvalue weighted by molar-refractivity contribution is 5.80. The van der Waals surface area contributed by atoms with Gasteiger partial charge in [-0.1, -0.05) is 6.08 Å². The molecule has 0 unspecified atom stereocenters. The number of alkyl halides is 3. The summed E-state index contributed by atoms with van der Waals surface area (Å²) in [6.07, 6.45) is 4.34. The van der Waals surface area contributed by atoms with Crippen molar-refractivity contribution >= 4 is 11.7 Å². The summed E-state index contributed by atoms with van der Waals surface area (Å²) in [6.45, 7) is 3.21. The highest BCUT2D eigenvalue weighted by atomic mass is 19.4. The zero-order chi connectivity index (χ0) is 22.6. The van der Waals surface area contributed by atoms with E-state index in [9.17, 15) is 18.0 Å². The van der Waals surface area contributed by atoms with Crippen molar-refractivity contribution in [1.82, 2.24) is 14.8 Å². The topological polar surface area (TPSA) is 52.8 Å². The second-order valence-electron chi connectivity index (χ2n) is 8.17. The predicted octanol–water partition coefficient (Wildman–Crippen LogP) is 4.30. The van der Waals surface area contributed by atoms with E-state index < -0.39 is 11.7 Å². The van der Waals surface area contributed by atoms with Crippen molar-refractivity contribution in [2.45, 2.75) is 38.4 Å². The van der Waals surface area contributed by atoms with Crippen LogP contribution in [-0.2, 0) is 17.5 Å². The van der Waals surface area contributed by atoms with Crippen LogP contribution in [0.2, 0.25) is 0 Å². The van der Waals surface area contributed by atoms with E-state index in [-0.39, 0.29) is 5.91 Å². The number of carbonyl (C=O) groups is 1. The molecule has 9 heteroatoms. The predicted molar refractivity (Wildman–Crippen MR) is 114 cm³/mol. The van der Waals surface area contributed by atoms with E-state index in [1.165, 1.54) is 6.07 Å². The number of hydrogen-bond acceptors (Lipinski definition) is 5. The molecule has 0 radical (unpaired) electrons. The van der Waals surface area contributed by atoms with Gasteiger partial charge >= 0.3 is 6.18 Å². The largest absolute Gasteiger partial charge is 0.467 e. The molecule has 0 aromatic carbocycles. The molecule has 3 heterocycles. The molecule has 0 spiro atoms. The van der Waals surface area contributed by atoms with Gasteiger partial charge in [0.25, 0.3) is 0 Å². The summed E-state index contributed by atoms with van der Waals surface area (Å²) in [6, 6.07) is 6.16. The third-order valence-corrected chi connectivity index (χ3v) is 5.94. The summed E-state index contributed by atoms with van der Waals surface area (Å²) < 4.78 is 43.7. The van der Waals surface area contributed by atoms with Crippen LogP contribution < -0.4 is 4.90 Å². The number of nitrogens with zero attached hydrogens (tertiary/aromatic N) is 4. The van der Waals surface area contributed by atoms with Gasteiger partial charge in [-0.2, -0.15) is 13.2 Å². The average Bonchev–Trinajstić information content (AvgIpc) is 3.31. The van der Waals surface area contributed by atoms with Gasteiger partial charge in [0.15, 0.2) is 0 Å². The van der Waals surface area contributed by atoms with Gasteiger partial charge in [-0.15, -0.1) is 0 Å². The Hall–Kier alpha value is -2.81. The maximum Gasteiger partial charge on any atom is 0.417 e. The average molecular weight is 448 g/mol. The molecular weight excluding hydrogens is 421 g/mol. The van der Waals surface area contributed by atoms with Crippen molar-refractivity contribution < 1.29 is 22.4 Å². The summed E-state index contributed by atoms with van der Waals surface area (Å²) in [5.41, 5.74) is 0.310. The van der Waals surface area contributed by atoms with Crippen molar-refractivity contribution in [3.05, 3.63) is 59.8 Å². The Bertz CT molecular complexity index is 918. The normalized spacial score (nSPS) is 17.8. The van der Waals surface area contributed by atoms with E-state index in [1.54, 1.807) is 6.26 Å². The summed E-state index contributed by atoms with van der Waals surface area (Å²) in [4.78, 5) is 23.0. The Morgan fingerprint density at radius 3 is 2.53 bits per heavy atom. The maximum absolute atomic E-state index is 13.2. The van der Waals surface area contributed by atoms with Crippen LogP contribution in [0, 0.1) is 0 Å². The molecule has 1 aliphatic carbocycles. The number of hydrogen-bond donors (Lipinski definition) is 0. The zero-order valence-electron chi connectivity index (χ0n) is 17.9. The lowest BCUT2D eigenvalue weighted by atomic mass is 10.0. The van der Waals surface area contributed by atoms with Gasteiger partial charge < -0.3 is 14.2 Å². The van der Waals surface area contributed by atoms with Crippen LogP contribution >= 0.6 is 0 Å². The fourth-order valence-corrected chi connectivity index (χ4v) is 4.13. The molecule has 1 aliphatic heterocycles. The van der Waals surface area contributed by atoms with E-state index in [0.29, 0.717) is 45.1 Å². The first-order valence-corrected chi connectivity index (χ1v) is 10.9. The van der Waals surface area contributed by atoms with Crippen molar-refractivity contribution in [2.75, 3.05) is 37.6 Å². The second kappa shape index (κ2) is 9.77. The number of halogens is 3. The first-order chi connectivity index (χ1) is 15.4. The Morgan fingerprint density at radius 2 is 1.94 bits per heavy atom. The third kappa shape index (κ3) is 5.51. The highest BCUT2D eigenvalue weighted by Crippen LogP contribution is 2.29. The molecule has 6 nitrogen and oxygen atoms in total. The molecule has 1 fully saturated rings. The van der Waals surface area contributed by atoms with Crippen LogP contribution in [0.4, 0.5) is 19.0 Å². The number of furan rings is 1. The molecule has 1 saturated heterocycles. The number of rotatable bonds is 6. The fraction of sp³-hybridized carbons (Fsp3) is 0.478. The number of carbonyl (C=O) groups excluding carboxylic acids is 1. The molecule has 2 aromatic rings. The van der Waals surface area contributed by atoms with Gasteiger partial charge in [0, 0.05) is 38.1 Å². The SMILES string of the molecule is O=C(CN1CCN(c2ccc(C(F)(F)F)cn2)CC1)N(Cc1ccco1)C1=CCCCC1. The smallest absolute Gasteiger partial charge is 0.417 e. The molecule has 1 amide bonds.